The molecule has 0 spiro atoms. The molecule has 60 valence electrons. The first-order valence-electron chi connectivity index (χ1n) is 3.24. The van der Waals surface area contributed by atoms with Crippen molar-refractivity contribution in [3.05, 3.63) is 0 Å². The molecular weight excluding hydrogens is 198 g/mol. The van der Waals surface area contributed by atoms with Crippen molar-refractivity contribution in [1.82, 2.24) is 5.32 Å². The van der Waals surface area contributed by atoms with Gasteiger partial charge in [0.1, 0.15) is 0 Å². The Kier molecular flexibility index (Phi) is 4.64. The Morgan fingerprint density at radius 3 is 2.60 bits per heavy atom. The van der Waals surface area contributed by atoms with E-state index in [1.807, 2.05) is 0 Å². The van der Waals surface area contributed by atoms with Gasteiger partial charge in [-0.3, -0.25) is 4.79 Å². The number of nitrogens with one attached hydrogen (secondary N) is 1. The topological polar surface area (TPSA) is 49.3 Å². The zero-order valence-corrected chi connectivity index (χ0v) is 7.38. The minimum Gasteiger partial charge on any atom is -0.481 e. The first-order valence-corrected chi connectivity index (χ1v) is 3.24. The van der Waals surface area contributed by atoms with Crippen molar-refractivity contribution in [1.29, 1.82) is 0 Å². The molecule has 4 heteroatoms. The van der Waals surface area contributed by atoms with Gasteiger partial charge in [0.25, 0.3) is 0 Å². The van der Waals surface area contributed by atoms with Gasteiger partial charge in [-0.15, -0.1) is 17.0 Å². The molecule has 0 amide bonds. The number of halogens is 1. The predicted octanol–water partition coefficient (Wildman–Crippen LogP) is 0.649. The van der Waals surface area contributed by atoms with E-state index in [1.54, 1.807) is 0 Å². The van der Waals surface area contributed by atoms with Crippen molar-refractivity contribution in [3.63, 3.8) is 0 Å². The molecule has 1 aliphatic heterocycles. The minimum atomic E-state index is -0.665. The molecule has 1 fully saturated rings. The zero-order valence-electron chi connectivity index (χ0n) is 5.67. The Bertz CT molecular complexity index is 112. The van der Waals surface area contributed by atoms with E-state index in [1.165, 1.54) is 0 Å². The maximum atomic E-state index is 10.3. The maximum absolute atomic E-state index is 10.3. The summed E-state index contributed by atoms with van der Waals surface area (Å²) in [4.78, 5) is 10.3. The molecule has 1 unspecified atom stereocenters. The first-order chi connectivity index (χ1) is 4.30. The highest BCUT2D eigenvalue weighted by Gasteiger charge is 2.18. The van der Waals surface area contributed by atoms with Crippen molar-refractivity contribution in [2.24, 2.45) is 5.92 Å². The van der Waals surface area contributed by atoms with Crippen molar-refractivity contribution >= 4 is 23.0 Å². The van der Waals surface area contributed by atoms with Crippen LogP contribution in [0.1, 0.15) is 12.8 Å². The fourth-order valence-electron chi connectivity index (χ4n) is 1.06. The van der Waals surface area contributed by atoms with E-state index in [9.17, 15) is 4.79 Å². The molecule has 0 aliphatic carbocycles. The quantitative estimate of drug-likeness (QED) is 0.667. The molecule has 1 rings (SSSR count). The van der Waals surface area contributed by atoms with Crippen molar-refractivity contribution < 1.29 is 9.90 Å². The molecule has 0 aromatic carbocycles. The van der Waals surface area contributed by atoms with Crippen LogP contribution in [-0.2, 0) is 4.79 Å². The second-order valence-electron chi connectivity index (χ2n) is 2.38. The average molecular weight is 210 g/mol. The smallest absolute Gasteiger partial charge is 0.307 e. The molecule has 1 atom stereocenters. The third-order valence-electron chi connectivity index (χ3n) is 1.65. The van der Waals surface area contributed by atoms with Gasteiger partial charge in [-0.1, -0.05) is 0 Å². The molecule has 1 saturated heterocycles. The number of piperidine rings is 1. The van der Waals surface area contributed by atoms with Gasteiger partial charge in [0.15, 0.2) is 0 Å². The molecule has 3 nitrogen and oxygen atoms in total. The predicted molar refractivity (Wildman–Crippen MR) is 43.6 cm³/mol. The van der Waals surface area contributed by atoms with Crippen molar-refractivity contribution in [3.8, 4) is 0 Å². The van der Waals surface area contributed by atoms with Crippen LogP contribution in [0.15, 0.2) is 0 Å². The summed E-state index contributed by atoms with van der Waals surface area (Å²) in [6, 6.07) is 0. The fraction of sp³-hybridized carbons (Fsp3) is 0.833. The van der Waals surface area contributed by atoms with Gasteiger partial charge in [0.2, 0.25) is 0 Å². The molecule has 0 saturated carbocycles. The summed E-state index contributed by atoms with van der Waals surface area (Å²) in [5, 5.41) is 11.5. The Balaban J connectivity index is 0.000000810. The summed E-state index contributed by atoms with van der Waals surface area (Å²) in [6.45, 7) is 1.62. The summed E-state index contributed by atoms with van der Waals surface area (Å²) in [7, 11) is 0. The van der Waals surface area contributed by atoms with Gasteiger partial charge in [0.05, 0.1) is 5.92 Å². The number of carboxylic acid groups (broad SMARTS) is 1. The van der Waals surface area contributed by atoms with E-state index < -0.39 is 5.97 Å². The SMILES string of the molecule is Br.O=C(O)C1CCCNC1. The lowest BCUT2D eigenvalue weighted by Crippen LogP contribution is -2.34. The monoisotopic (exact) mass is 209 g/mol. The molecule has 1 aliphatic rings. The van der Waals surface area contributed by atoms with Crippen LogP contribution < -0.4 is 5.32 Å². The van der Waals surface area contributed by atoms with Crippen LogP contribution in [0.4, 0.5) is 0 Å². The third-order valence-corrected chi connectivity index (χ3v) is 1.65. The molecule has 0 radical (unpaired) electrons. The third kappa shape index (κ3) is 2.66. The van der Waals surface area contributed by atoms with Crippen LogP contribution in [0.3, 0.4) is 0 Å². The van der Waals surface area contributed by atoms with E-state index >= 15 is 0 Å². The van der Waals surface area contributed by atoms with Crippen LogP contribution in [0.2, 0.25) is 0 Å². The lowest BCUT2D eigenvalue weighted by molar-refractivity contribution is -0.142. The zero-order chi connectivity index (χ0) is 6.69. The average Bonchev–Trinajstić information content (AvgIpc) is 1.90. The van der Waals surface area contributed by atoms with Gasteiger partial charge in [-0.05, 0) is 19.4 Å². The second-order valence-corrected chi connectivity index (χ2v) is 2.38. The van der Waals surface area contributed by atoms with E-state index in [4.69, 9.17) is 5.11 Å². The first kappa shape index (κ1) is 9.91. The maximum Gasteiger partial charge on any atom is 0.307 e. The number of hydrogen-bond acceptors (Lipinski definition) is 2. The minimum absolute atomic E-state index is 0. The van der Waals surface area contributed by atoms with Gasteiger partial charge < -0.3 is 10.4 Å². The Morgan fingerprint density at radius 1 is 1.60 bits per heavy atom. The van der Waals surface area contributed by atoms with Crippen LogP contribution >= 0.6 is 17.0 Å². The van der Waals surface area contributed by atoms with Crippen molar-refractivity contribution in [2.75, 3.05) is 13.1 Å². The van der Waals surface area contributed by atoms with Gasteiger partial charge in [0, 0.05) is 6.54 Å². The second kappa shape index (κ2) is 4.68. The summed E-state index contributed by atoms with van der Waals surface area (Å²) in [5.74, 6) is -0.805. The van der Waals surface area contributed by atoms with E-state index in [0.717, 1.165) is 19.4 Å². The van der Waals surface area contributed by atoms with Crippen LogP contribution in [0.5, 0.6) is 0 Å². The fourth-order valence-corrected chi connectivity index (χ4v) is 1.06. The molecule has 2 N–H and O–H groups in total. The summed E-state index contributed by atoms with van der Waals surface area (Å²) in [6.07, 6.45) is 1.83. The van der Waals surface area contributed by atoms with Gasteiger partial charge in [-0.25, -0.2) is 0 Å². The molecule has 1 heterocycles. The van der Waals surface area contributed by atoms with Crippen molar-refractivity contribution in [2.45, 2.75) is 12.8 Å². The number of aliphatic carboxylic acids is 1. The highest BCUT2D eigenvalue weighted by molar-refractivity contribution is 8.93. The van der Waals surface area contributed by atoms with E-state index in [2.05, 4.69) is 5.32 Å². The lowest BCUT2D eigenvalue weighted by atomic mass is 10.0. The Morgan fingerprint density at radius 2 is 2.30 bits per heavy atom. The molecule has 0 aromatic rings. The highest BCUT2D eigenvalue weighted by Crippen LogP contribution is 2.08. The van der Waals surface area contributed by atoms with Gasteiger partial charge in [-0.2, -0.15) is 0 Å². The Hall–Kier alpha value is -0.0900. The molecule has 10 heavy (non-hydrogen) atoms. The van der Waals surface area contributed by atoms with Crippen LogP contribution in [0.25, 0.3) is 0 Å². The summed E-state index contributed by atoms with van der Waals surface area (Å²) in [5.41, 5.74) is 0. The van der Waals surface area contributed by atoms with E-state index in [-0.39, 0.29) is 22.9 Å². The van der Waals surface area contributed by atoms with Gasteiger partial charge >= 0.3 is 5.97 Å². The normalized spacial score (nSPS) is 25.0. The molecule has 0 bridgehead atoms. The van der Waals surface area contributed by atoms with Crippen LogP contribution in [0, 0.1) is 5.92 Å². The standard InChI is InChI=1S/C6H11NO2.BrH/c8-6(9)5-2-1-3-7-4-5;/h5,7H,1-4H2,(H,8,9);1H. The summed E-state index contributed by atoms with van der Waals surface area (Å²) >= 11 is 0. The van der Waals surface area contributed by atoms with Crippen LogP contribution in [-0.4, -0.2) is 24.2 Å². The Labute approximate surface area is 70.6 Å². The number of carbonyl (C=O) groups is 1. The lowest BCUT2D eigenvalue weighted by Gasteiger charge is -2.18. The molecule has 0 aromatic heterocycles. The number of carboxylic acids is 1. The summed E-state index contributed by atoms with van der Waals surface area (Å²) < 4.78 is 0. The highest BCUT2D eigenvalue weighted by atomic mass is 79.9. The molecular formula is C6H12BrNO2. The van der Waals surface area contributed by atoms with E-state index in [0.29, 0.717) is 6.54 Å². The largest absolute Gasteiger partial charge is 0.481 e. The number of hydrogen-bond donors (Lipinski definition) is 2. The number of rotatable bonds is 1.